The van der Waals surface area contributed by atoms with Crippen molar-refractivity contribution in [1.29, 1.82) is 5.41 Å². The summed E-state index contributed by atoms with van der Waals surface area (Å²) in [6, 6.07) is 7.00. The van der Waals surface area contributed by atoms with Crippen LogP contribution in [0.5, 0.6) is 0 Å². The number of nitrogens with two attached hydrogens (primary N) is 1. The van der Waals surface area contributed by atoms with Crippen LogP contribution in [-0.4, -0.2) is 17.2 Å². The summed E-state index contributed by atoms with van der Waals surface area (Å²) >= 11 is 0. The fraction of sp³-hybridized carbons (Fsp3) is 0.214. The zero-order chi connectivity index (χ0) is 13.3. The highest BCUT2D eigenvalue weighted by molar-refractivity contribution is 6.51. The van der Waals surface area contributed by atoms with Crippen molar-refractivity contribution in [2.24, 2.45) is 10.9 Å². The van der Waals surface area contributed by atoms with E-state index in [1.165, 1.54) is 6.08 Å². The van der Waals surface area contributed by atoms with Crippen molar-refractivity contribution in [2.75, 3.05) is 5.73 Å². The number of nitrogens with zero attached hydrogens (tertiary/aromatic N) is 1. The first kappa shape index (κ1) is 12.2. The SMILES string of the molecule is CC1=CC(=O)C(=Nc2ccc(N)cc2)C(C)C1=N. The Balaban J connectivity index is 2.41. The second-order valence-corrected chi connectivity index (χ2v) is 4.42. The monoisotopic (exact) mass is 241 g/mol. The van der Waals surface area contributed by atoms with E-state index in [0.717, 1.165) is 0 Å². The minimum Gasteiger partial charge on any atom is -0.399 e. The number of nitrogen functional groups attached to an aromatic ring is 1. The summed E-state index contributed by atoms with van der Waals surface area (Å²) in [5.74, 6) is -0.382. The Morgan fingerprint density at radius 1 is 1.28 bits per heavy atom. The molecule has 92 valence electrons. The number of hydrogen-bond acceptors (Lipinski definition) is 4. The third-order valence-corrected chi connectivity index (χ3v) is 3.01. The van der Waals surface area contributed by atoms with Crippen molar-refractivity contribution in [1.82, 2.24) is 0 Å². The number of aliphatic imine (C=N–C) groups is 1. The maximum Gasteiger partial charge on any atom is 0.201 e. The second kappa shape index (κ2) is 4.56. The van der Waals surface area contributed by atoms with Crippen molar-refractivity contribution in [3.8, 4) is 0 Å². The lowest BCUT2D eigenvalue weighted by Gasteiger charge is -2.19. The number of hydrogen-bond donors (Lipinski definition) is 2. The number of rotatable bonds is 1. The minimum atomic E-state index is -0.264. The number of nitrogens with one attached hydrogen (secondary N) is 1. The third-order valence-electron chi connectivity index (χ3n) is 3.01. The fourth-order valence-corrected chi connectivity index (χ4v) is 1.88. The van der Waals surface area contributed by atoms with Gasteiger partial charge in [-0.1, -0.05) is 6.92 Å². The van der Waals surface area contributed by atoms with E-state index in [1.54, 1.807) is 31.2 Å². The predicted molar refractivity (Wildman–Crippen MR) is 73.6 cm³/mol. The standard InChI is InChI=1S/C14H15N3O/c1-8-7-12(18)14(9(2)13(8)16)17-11-5-3-10(15)4-6-11/h3-7,9,16H,15H2,1-2H3. The Morgan fingerprint density at radius 2 is 1.89 bits per heavy atom. The molecule has 18 heavy (non-hydrogen) atoms. The highest BCUT2D eigenvalue weighted by Crippen LogP contribution is 2.21. The molecule has 0 bridgehead atoms. The Hall–Kier alpha value is -2.23. The van der Waals surface area contributed by atoms with Crippen LogP contribution in [0.2, 0.25) is 0 Å². The maximum absolute atomic E-state index is 11.9. The summed E-state index contributed by atoms with van der Waals surface area (Å²) in [6.07, 6.45) is 1.47. The van der Waals surface area contributed by atoms with E-state index in [9.17, 15) is 4.79 Å². The molecule has 3 N–H and O–H groups in total. The normalized spacial score (nSPS) is 22.2. The van der Waals surface area contributed by atoms with Crippen molar-refractivity contribution < 1.29 is 4.79 Å². The van der Waals surface area contributed by atoms with Gasteiger partial charge in [-0.15, -0.1) is 0 Å². The fourth-order valence-electron chi connectivity index (χ4n) is 1.88. The van der Waals surface area contributed by atoms with E-state index in [1.807, 2.05) is 6.92 Å². The molecule has 4 heteroatoms. The maximum atomic E-state index is 11.9. The van der Waals surface area contributed by atoms with Gasteiger partial charge in [0, 0.05) is 17.3 Å². The van der Waals surface area contributed by atoms with Crippen LogP contribution in [0, 0.1) is 11.3 Å². The van der Waals surface area contributed by atoms with Gasteiger partial charge >= 0.3 is 0 Å². The Kier molecular flexibility index (Phi) is 3.10. The van der Waals surface area contributed by atoms with Crippen LogP contribution in [0.1, 0.15) is 13.8 Å². The average molecular weight is 241 g/mol. The van der Waals surface area contributed by atoms with Crippen LogP contribution < -0.4 is 5.73 Å². The molecule has 0 saturated heterocycles. The largest absolute Gasteiger partial charge is 0.399 e. The van der Waals surface area contributed by atoms with E-state index in [-0.39, 0.29) is 11.7 Å². The van der Waals surface area contributed by atoms with E-state index in [0.29, 0.717) is 28.4 Å². The van der Waals surface area contributed by atoms with Gasteiger partial charge in [0.1, 0.15) is 0 Å². The van der Waals surface area contributed by atoms with Gasteiger partial charge in [0.2, 0.25) is 5.78 Å². The lowest BCUT2D eigenvalue weighted by atomic mass is 9.86. The summed E-state index contributed by atoms with van der Waals surface area (Å²) in [5, 5.41) is 7.90. The summed E-state index contributed by atoms with van der Waals surface area (Å²) in [6.45, 7) is 3.60. The summed E-state index contributed by atoms with van der Waals surface area (Å²) < 4.78 is 0. The minimum absolute atomic E-state index is 0.118. The molecule has 1 aromatic carbocycles. The number of allylic oxidation sites excluding steroid dienone is 2. The van der Waals surface area contributed by atoms with Gasteiger partial charge in [-0.05, 0) is 42.8 Å². The number of carbonyl (C=O) groups excluding carboxylic acids is 1. The highest BCUT2D eigenvalue weighted by Gasteiger charge is 2.27. The zero-order valence-electron chi connectivity index (χ0n) is 10.4. The van der Waals surface area contributed by atoms with Gasteiger partial charge < -0.3 is 11.1 Å². The Morgan fingerprint density at radius 3 is 2.50 bits per heavy atom. The van der Waals surface area contributed by atoms with Gasteiger partial charge in [-0.25, -0.2) is 4.99 Å². The Bertz CT molecular complexity index is 567. The molecule has 0 heterocycles. The molecule has 0 aromatic heterocycles. The number of ketones is 1. The molecular weight excluding hydrogens is 226 g/mol. The molecule has 1 unspecified atom stereocenters. The zero-order valence-corrected chi connectivity index (χ0v) is 10.4. The van der Waals surface area contributed by atoms with E-state index >= 15 is 0 Å². The number of anilines is 1. The van der Waals surface area contributed by atoms with E-state index in [4.69, 9.17) is 11.1 Å². The topological polar surface area (TPSA) is 79.3 Å². The predicted octanol–water partition coefficient (Wildman–Crippen LogP) is 2.53. The van der Waals surface area contributed by atoms with Crippen molar-refractivity contribution in [3.63, 3.8) is 0 Å². The molecule has 0 radical (unpaired) electrons. The first-order chi connectivity index (χ1) is 8.49. The van der Waals surface area contributed by atoms with E-state index in [2.05, 4.69) is 4.99 Å². The molecule has 0 fully saturated rings. The summed E-state index contributed by atoms with van der Waals surface area (Å²) in [7, 11) is 0. The molecule has 0 spiro atoms. The van der Waals surface area contributed by atoms with Crippen LogP contribution in [-0.2, 0) is 4.79 Å². The number of benzene rings is 1. The smallest absolute Gasteiger partial charge is 0.201 e. The van der Waals surface area contributed by atoms with Gasteiger partial charge in [0.15, 0.2) is 0 Å². The lowest BCUT2D eigenvalue weighted by Crippen LogP contribution is -2.32. The first-order valence-electron chi connectivity index (χ1n) is 5.74. The molecular formula is C14H15N3O. The Labute approximate surface area is 106 Å². The van der Waals surface area contributed by atoms with Gasteiger partial charge in [-0.3, -0.25) is 4.79 Å². The summed E-state index contributed by atoms with van der Waals surface area (Å²) in [4.78, 5) is 16.2. The molecule has 1 aliphatic carbocycles. The molecule has 2 rings (SSSR count). The van der Waals surface area contributed by atoms with E-state index < -0.39 is 0 Å². The number of carbonyl (C=O) groups is 1. The molecule has 0 amide bonds. The van der Waals surface area contributed by atoms with Crippen LogP contribution in [0.15, 0.2) is 40.9 Å². The van der Waals surface area contributed by atoms with Crippen LogP contribution >= 0.6 is 0 Å². The van der Waals surface area contributed by atoms with Crippen LogP contribution in [0.25, 0.3) is 0 Å². The second-order valence-electron chi connectivity index (χ2n) is 4.42. The molecule has 0 saturated carbocycles. The molecule has 1 aromatic rings. The third kappa shape index (κ3) is 2.22. The van der Waals surface area contributed by atoms with Gasteiger partial charge in [0.25, 0.3) is 0 Å². The molecule has 1 aliphatic rings. The van der Waals surface area contributed by atoms with Crippen LogP contribution in [0.3, 0.4) is 0 Å². The van der Waals surface area contributed by atoms with Crippen molar-refractivity contribution in [2.45, 2.75) is 13.8 Å². The highest BCUT2D eigenvalue weighted by atomic mass is 16.1. The van der Waals surface area contributed by atoms with Gasteiger partial charge in [0.05, 0.1) is 11.4 Å². The van der Waals surface area contributed by atoms with Gasteiger partial charge in [-0.2, -0.15) is 0 Å². The summed E-state index contributed by atoms with van der Waals surface area (Å²) in [5.41, 5.74) is 8.51. The quantitative estimate of drug-likeness (QED) is 0.741. The average Bonchev–Trinajstić information content (AvgIpc) is 2.34. The van der Waals surface area contributed by atoms with Crippen molar-refractivity contribution >= 4 is 28.6 Å². The first-order valence-corrected chi connectivity index (χ1v) is 5.74. The molecule has 0 aliphatic heterocycles. The van der Waals surface area contributed by atoms with Crippen LogP contribution in [0.4, 0.5) is 11.4 Å². The lowest BCUT2D eigenvalue weighted by molar-refractivity contribution is -0.109. The molecule has 4 nitrogen and oxygen atoms in total. The van der Waals surface area contributed by atoms with Crippen molar-refractivity contribution in [3.05, 3.63) is 35.9 Å². The molecule has 1 atom stereocenters.